The zero-order valence-corrected chi connectivity index (χ0v) is 15.3. The number of hydrogen-bond donors (Lipinski definition) is 2. The molecule has 1 amide bonds. The summed E-state index contributed by atoms with van der Waals surface area (Å²) in [5.74, 6) is -1.37. The molecule has 5 nitrogen and oxygen atoms in total. The Morgan fingerprint density at radius 3 is 2.21 bits per heavy atom. The minimum Gasteiger partial charge on any atom is -0.489 e. The number of benzene rings is 2. The first kappa shape index (κ1) is 21.3. The van der Waals surface area contributed by atoms with Crippen molar-refractivity contribution in [2.75, 3.05) is 5.32 Å². The number of carboxylic acid groups (broad SMARTS) is 1. The number of ether oxygens (including phenoxy) is 1. The smallest absolute Gasteiger partial charge is 0.389 e. The number of carbonyl (C=O) groups excluding carboxylic acids is 1. The Morgan fingerprint density at radius 2 is 1.68 bits per heavy atom. The van der Waals surface area contributed by atoms with Crippen molar-refractivity contribution in [2.24, 2.45) is 0 Å². The minimum absolute atomic E-state index is 0.0195. The number of aryl methyl sites for hydroxylation is 1. The van der Waals surface area contributed by atoms with Crippen molar-refractivity contribution in [1.29, 1.82) is 0 Å². The van der Waals surface area contributed by atoms with Crippen molar-refractivity contribution in [3.8, 4) is 5.75 Å². The summed E-state index contributed by atoms with van der Waals surface area (Å²) in [4.78, 5) is 23.6. The fraction of sp³-hybridized carbons (Fsp3) is 0.300. The summed E-state index contributed by atoms with van der Waals surface area (Å²) in [5.41, 5.74) is 0.867. The third-order valence-corrected chi connectivity index (χ3v) is 3.75. The van der Waals surface area contributed by atoms with E-state index in [1.807, 2.05) is 0 Å². The van der Waals surface area contributed by atoms with E-state index < -0.39 is 24.5 Å². The molecule has 0 atom stereocenters. The first-order valence-corrected chi connectivity index (χ1v) is 8.56. The Kier molecular flexibility index (Phi) is 6.66. The molecular weight excluding hydrogens is 375 g/mol. The topological polar surface area (TPSA) is 75.6 Å². The number of aromatic carboxylic acids is 1. The van der Waals surface area contributed by atoms with Crippen LogP contribution in [0.25, 0.3) is 0 Å². The van der Waals surface area contributed by atoms with Gasteiger partial charge < -0.3 is 15.2 Å². The van der Waals surface area contributed by atoms with Gasteiger partial charge in [-0.15, -0.1) is 0 Å². The first-order valence-electron chi connectivity index (χ1n) is 8.56. The van der Waals surface area contributed by atoms with E-state index in [9.17, 15) is 22.8 Å². The molecule has 0 radical (unpaired) electrons. The van der Waals surface area contributed by atoms with Gasteiger partial charge in [-0.05, 0) is 56.2 Å². The Bertz CT molecular complexity index is 846. The summed E-state index contributed by atoms with van der Waals surface area (Å²) in [6, 6.07) is 9.87. The van der Waals surface area contributed by atoms with Gasteiger partial charge in [-0.1, -0.05) is 12.1 Å². The molecule has 2 N–H and O–H groups in total. The van der Waals surface area contributed by atoms with Crippen LogP contribution >= 0.6 is 0 Å². The van der Waals surface area contributed by atoms with Gasteiger partial charge in [-0.2, -0.15) is 13.2 Å². The molecule has 0 aliphatic rings. The average Bonchev–Trinajstić information content (AvgIpc) is 2.60. The number of anilines is 1. The molecule has 0 saturated heterocycles. The number of hydrogen-bond acceptors (Lipinski definition) is 3. The van der Waals surface area contributed by atoms with E-state index in [-0.39, 0.29) is 29.3 Å². The lowest BCUT2D eigenvalue weighted by atomic mass is 10.1. The predicted molar refractivity (Wildman–Crippen MR) is 97.9 cm³/mol. The van der Waals surface area contributed by atoms with Crippen LogP contribution in [0.15, 0.2) is 42.5 Å². The van der Waals surface area contributed by atoms with Crippen LogP contribution in [0.4, 0.5) is 18.9 Å². The zero-order chi connectivity index (χ0) is 20.9. The maximum Gasteiger partial charge on any atom is 0.389 e. The van der Waals surface area contributed by atoms with Crippen LogP contribution in [-0.4, -0.2) is 29.3 Å². The SMILES string of the molecule is CC(C)Oc1ccc(C(=O)O)cc1NC(=O)c1ccc(CCC(F)(F)F)cc1. The third-order valence-electron chi connectivity index (χ3n) is 3.75. The van der Waals surface area contributed by atoms with E-state index in [1.54, 1.807) is 13.8 Å². The number of rotatable bonds is 7. The Labute approximate surface area is 160 Å². The van der Waals surface area contributed by atoms with E-state index >= 15 is 0 Å². The van der Waals surface area contributed by atoms with Crippen LogP contribution in [0.5, 0.6) is 5.75 Å². The monoisotopic (exact) mass is 395 g/mol. The van der Waals surface area contributed by atoms with E-state index in [1.165, 1.54) is 42.5 Å². The highest BCUT2D eigenvalue weighted by molar-refractivity contribution is 6.05. The second-order valence-electron chi connectivity index (χ2n) is 6.45. The molecule has 8 heteroatoms. The highest BCUT2D eigenvalue weighted by atomic mass is 19.4. The number of alkyl halides is 3. The number of carbonyl (C=O) groups is 2. The molecule has 0 aromatic heterocycles. The molecule has 0 aliphatic heterocycles. The molecule has 0 spiro atoms. The van der Waals surface area contributed by atoms with Crippen LogP contribution < -0.4 is 10.1 Å². The third kappa shape index (κ3) is 6.29. The lowest BCUT2D eigenvalue weighted by molar-refractivity contribution is -0.134. The lowest BCUT2D eigenvalue weighted by Gasteiger charge is -2.16. The first-order chi connectivity index (χ1) is 13.0. The molecule has 2 aromatic rings. The van der Waals surface area contributed by atoms with Gasteiger partial charge in [0.05, 0.1) is 17.4 Å². The lowest BCUT2D eigenvalue weighted by Crippen LogP contribution is -2.15. The van der Waals surface area contributed by atoms with Crippen LogP contribution in [-0.2, 0) is 6.42 Å². The second-order valence-corrected chi connectivity index (χ2v) is 6.45. The summed E-state index contributed by atoms with van der Waals surface area (Å²) >= 11 is 0. The largest absolute Gasteiger partial charge is 0.489 e. The molecule has 2 rings (SSSR count). The number of halogens is 3. The number of carboxylic acids is 1. The molecule has 28 heavy (non-hydrogen) atoms. The molecule has 0 bridgehead atoms. The van der Waals surface area contributed by atoms with Gasteiger partial charge in [0.2, 0.25) is 0 Å². The number of nitrogens with one attached hydrogen (secondary N) is 1. The predicted octanol–water partition coefficient (Wildman–Crippen LogP) is 4.92. The van der Waals surface area contributed by atoms with E-state index in [0.717, 1.165) is 0 Å². The van der Waals surface area contributed by atoms with Crippen molar-refractivity contribution in [3.05, 3.63) is 59.2 Å². The highest BCUT2D eigenvalue weighted by Gasteiger charge is 2.26. The van der Waals surface area contributed by atoms with Crippen molar-refractivity contribution >= 4 is 17.6 Å². The molecular formula is C20H20F3NO4. The van der Waals surface area contributed by atoms with Crippen LogP contribution in [0, 0.1) is 0 Å². The average molecular weight is 395 g/mol. The maximum absolute atomic E-state index is 12.5. The summed E-state index contributed by atoms with van der Waals surface area (Å²) in [7, 11) is 0. The molecule has 150 valence electrons. The van der Waals surface area contributed by atoms with Gasteiger partial charge in [0.25, 0.3) is 5.91 Å². The fourth-order valence-electron chi connectivity index (χ4n) is 2.42. The number of amides is 1. The van der Waals surface area contributed by atoms with Crippen molar-refractivity contribution in [1.82, 2.24) is 0 Å². The van der Waals surface area contributed by atoms with Gasteiger partial charge >= 0.3 is 12.1 Å². The standard InChI is InChI=1S/C20H20F3NO4/c1-12(2)28-17-8-7-15(19(26)27)11-16(17)24-18(25)14-5-3-13(4-6-14)9-10-20(21,22)23/h3-8,11-12H,9-10H2,1-2H3,(H,24,25)(H,26,27). The highest BCUT2D eigenvalue weighted by Crippen LogP contribution is 2.28. The van der Waals surface area contributed by atoms with Gasteiger partial charge in [0, 0.05) is 12.0 Å². The Balaban J connectivity index is 2.17. The van der Waals surface area contributed by atoms with E-state index in [2.05, 4.69) is 5.32 Å². The quantitative estimate of drug-likeness (QED) is 0.698. The molecule has 0 saturated carbocycles. The maximum atomic E-state index is 12.5. The van der Waals surface area contributed by atoms with Crippen LogP contribution in [0.1, 0.15) is 46.5 Å². The summed E-state index contributed by atoms with van der Waals surface area (Å²) in [6.45, 7) is 3.58. The normalized spacial score (nSPS) is 11.4. The minimum atomic E-state index is -4.24. The van der Waals surface area contributed by atoms with E-state index in [4.69, 9.17) is 9.84 Å². The van der Waals surface area contributed by atoms with Crippen molar-refractivity contribution in [2.45, 2.75) is 39.0 Å². The molecule has 0 aliphatic carbocycles. The zero-order valence-electron chi connectivity index (χ0n) is 15.3. The van der Waals surface area contributed by atoms with Gasteiger partial charge in [-0.3, -0.25) is 4.79 Å². The second kappa shape index (κ2) is 8.77. The molecule has 0 unspecified atom stereocenters. The van der Waals surface area contributed by atoms with Gasteiger partial charge in [0.1, 0.15) is 5.75 Å². The Hall–Kier alpha value is -3.03. The van der Waals surface area contributed by atoms with E-state index in [0.29, 0.717) is 11.3 Å². The molecule has 0 heterocycles. The molecule has 2 aromatic carbocycles. The summed E-state index contributed by atoms with van der Waals surface area (Å²) in [6.07, 6.45) is -5.54. The summed E-state index contributed by atoms with van der Waals surface area (Å²) in [5, 5.41) is 11.7. The van der Waals surface area contributed by atoms with Crippen LogP contribution in [0.2, 0.25) is 0 Å². The molecule has 0 fully saturated rings. The van der Waals surface area contributed by atoms with Gasteiger partial charge in [-0.25, -0.2) is 4.79 Å². The summed E-state index contributed by atoms with van der Waals surface area (Å²) < 4.78 is 42.5. The van der Waals surface area contributed by atoms with Crippen LogP contribution in [0.3, 0.4) is 0 Å². The fourth-order valence-corrected chi connectivity index (χ4v) is 2.42. The Morgan fingerprint density at radius 1 is 1.07 bits per heavy atom. The van der Waals surface area contributed by atoms with Crippen molar-refractivity contribution < 1.29 is 32.6 Å². The van der Waals surface area contributed by atoms with Gasteiger partial charge in [0.15, 0.2) is 0 Å². The van der Waals surface area contributed by atoms with Crippen molar-refractivity contribution in [3.63, 3.8) is 0 Å².